The molecule has 6 heterocycles. The van der Waals surface area contributed by atoms with Gasteiger partial charge in [-0.1, -0.05) is 26.0 Å². The fourth-order valence-electron chi connectivity index (χ4n) is 8.23. The van der Waals surface area contributed by atoms with Gasteiger partial charge in [0.25, 0.3) is 0 Å². The number of nitrogens with one attached hydrogen (secondary N) is 1. The maximum atomic E-state index is 13.0. The van der Waals surface area contributed by atoms with Crippen LogP contribution in [0.15, 0.2) is 90.2 Å². The van der Waals surface area contributed by atoms with Crippen LogP contribution in [-0.2, 0) is 17.9 Å². The average Bonchev–Trinajstić information content (AvgIpc) is 3.79. The van der Waals surface area contributed by atoms with Gasteiger partial charge in [-0.3, -0.25) is 4.90 Å². The lowest BCUT2D eigenvalue weighted by Gasteiger charge is -2.34. The van der Waals surface area contributed by atoms with Gasteiger partial charge >= 0.3 is 11.8 Å². The SMILES string of the molecule is CC(C)c1cc(-c2n[nH]c(=O)n2-c2ccc(CN3CCN(CCCCN(C)C(=O)Oc4ccc5nc6c(cc5c4)cn4cc5c(cc64)C=COC5)CC3)cc2)c(O)cc1O. The van der Waals surface area contributed by atoms with Crippen LogP contribution >= 0.6 is 0 Å². The van der Waals surface area contributed by atoms with Crippen molar-refractivity contribution in [3.63, 3.8) is 0 Å². The van der Waals surface area contributed by atoms with Crippen LogP contribution in [0.25, 0.3) is 50.5 Å². The molecule has 1 saturated heterocycles. The summed E-state index contributed by atoms with van der Waals surface area (Å²) >= 11 is 0. The number of phenolic OH excluding ortho intramolecular Hbond substituents is 2. The lowest BCUT2D eigenvalue weighted by Crippen LogP contribution is -2.46. The number of pyridine rings is 2. The van der Waals surface area contributed by atoms with Gasteiger partial charge in [0.05, 0.1) is 34.1 Å². The highest BCUT2D eigenvalue weighted by Gasteiger charge is 2.21. The number of ether oxygens (including phenoxy) is 2. The maximum Gasteiger partial charge on any atom is 0.414 e. The number of aromatic nitrogens is 5. The molecule has 14 heteroatoms. The van der Waals surface area contributed by atoms with Gasteiger partial charge in [0.2, 0.25) is 0 Å². The van der Waals surface area contributed by atoms with Gasteiger partial charge in [0.1, 0.15) is 23.9 Å². The van der Waals surface area contributed by atoms with Gasteiger partial charge in [0, 0.05) is 81.1 Å². The van der Waals surface area contributed by atoms with E-state index in [1.54, 1.807) is 30.3 Å². The van der Waals surface area contributed by atoms with Crippen LogP contribution in [0.4, 0.5) is 4.79 Å². The molecule has 308 valence electrons. The van der Waals surface area contributed by atoms with Crippen molar-refractivity contribution in [1.29, 1.82) is 0 Å². The number of hydrogen-bond donors (Lipinski definition) is 3. The van der Waals surface area contributed by atoms with Crippen molar-refractivity contribution in [2.24, 2.45) is 0 Å². The van der Waals surface area contributed by atoms with E-state index in [1.165, 1.54) is 10.6 Å². The number of amides is 1. The average molecular weight is 809 g/mol. The van der Waals surface area contributed by atoms with Crippen LogP contribution in [0.1, 0.15) is 54.9 Å². The lowest BCUT2D eigenvalue weighted by atomic mass is 9.98. The number of carbonyl (C=O) groups is 1. The predicted octanol–water partition coefficient (Wildman–Crippen LogP) is 7.25. The number of phenols is 2. The Hall–Kier alpha value is -6.64. The summed E-state index contributed by atoms with van der Waals surface area (Å²) in [5.74, 6) is 0.623. The molecule has 3 aromatic carbocycles. The molecule has 1 fully saturated rings. The molecule has 0 radical (unpaired) electrons. The Bertz CT molecular complexity index is 2810. The number of fused-ring (bicyclic) bond motifs is 5. The van der Waals surface area contributed by atoms with Gasteiger partial charge < -0.3 is 33.9 Å². The summed E-state index contributed by atoms with van der Waals surface area (Å²) in [5, 5.41) is 29.6. The molecule has 9 rings (SSSR count). The Kier molecular flexibility index (Phi) is 10.5. The third-order valence-electron chi connectivity index (χ3n) is 11.6. The highest BCUT2D eigenvalue weighted by atomic mass is 16.6. The Balaban J connectivity index is 0.731. The smallest absolute Gasteiger partial charge is 0.414 e. The van der Waals surface area contributed by atoms with Gasteiger partial charge in [-0.25, -0.2) is 24.2 Å². The van der Waals surface area contributed by atoms with E-state index < -0.39 is 5.69 Å². The van der Waals surface area contributed by atoms with E-state index in [0.717, 1.165) is 96.1 Å². The van der Waals surface area contributed by atoms with E-state index >= 15 is 0 Å². The molecule has 3 N–H and O–H groups in total. The van der Waals surface area contributed by atoms with Crippen molar-refractivity contribution in [2.45, 2.75) is 45.8 Å². The number of aromatic amines is 1. The Morgan fingerprint density at radius 2 is 1.73 bits per heavy atom. The van der Waals surface area contributed by atoms with Gasteiger partial charge in [-0.05, 0) is 96.6 Å². The largest absolute Gasteiger partial charge is 0.508 e. The van der Waals surface area contributed by atoms with Gasteiger partial charge in [-0.2, -0.15) is 5.10 Å². The van der Waals surface area contributed by atoms with Crippen molar-refractivity contribution in [1.82, 2.24) is 38.8 Å². The predicted molar refractivity (Wildman–Crippen MR) is 231 cm³/mol. The van der Waals surface area contributed by atoms with Gasteiger partial charge in [-0.15, -0.1) is 0 Å². The minimum Gasteiger partial charge on any atom is -0.508 e. The molecule has 2 aliphatic heterocycles. The van der Waals surface area contributed by atoms with Crippen molar-refractivity contribution in [2.75, 3.05) is 46.3 Å². The monoisotopic (exact) mass is 808 g/mol. The molecular weight excluding hydrogens is 761 g/mol. The molecular formula is C46H48N8O6. The quantitative estimate of drug-likeness (QED) is 0.114. The van der Waals surface area contributed by atoms with E-state index in [2.05, 4.69) is 48.9 Å². The number of unbranched alkanes of at least 4 members (excludes halogenated alkanes) is 1. The number of nitrogens with zero attached hydrogens (tertiary/aromatic N) is 7. The molecule has 0 bridgehead atoms. The normalized spacial score (nSPS) is 14.6. The molecule has 7 aromatic rings. The summed E-state index contributed by atoms with van der Waals surface area (Å²) in [6.45, 7) is 10.6. The maximum absolute atomic E-state index is 13.0. The number of hydrogen-bond acceptors (Lipinski definition) is 10. The molecule has 2 aliphatic rings. The lowest BCUT2D eigenvalue weighted by molar-refractivity contribution is 0.124. The fourth-order valence-corrected chi connectivity index (χ4v) is 8.23. The second-order valence-electron chi connectivity index (χ2n) is 16.1. The number of carbonyl (C=O) groups excluding carboxylic acids is 1. The topological polar surface area (TPSA) is 154 Å². The van der Waals surface area contributed by atoms with Crippen LogP contribution in [-0.4, -0.2) is 101 Å². The second kappa shape index (κ2) is 16.2. The van der Waals surface area contributed by atoms with Crippen LogP contribution in [0, 0.1) is 0 Å². The number of H-pyrrole nitrogens is 1. The summed E-state index contributed by atoms with van der Waals surface area (Å²) in [4.78, 5) is 37.4. The van der Waals surface area contributed by atoms with Crippen molar-refractivity contribution < 1.29 is 24.5 Å². The Morgan fingerprint density at radius 3 is 2.53 bits per heavy atom. The zero-order valence-electron chi connectivity index (χ0n) is 34.0. The summed E-state index contributed by atoms with van der Waals surface area (Å²) in [7, 11) is 1.78. The van der Waals surface area contributed by atoms with Crippen LogP contribution in [0.2, 0.25) is 0 Å². The van der Waals surface area contributed by atoms with E-state index in [4.69, 9.17) is 14.5 Å². The Labute approximate surface area is 346 Å². The first-order chi connectivity index (χ1) is 29.1. The summed E-state index contributed by atoms with van der Waals surface area (Å²) in [6, 6.07) is 20.6. The van der Waals surface area contributed by atoms with Crippen LogP contribution < -0.4 is 10.4 Å². The van der Waals surface area contributed by atoms with Crippen molar-refractivity contribution in [3.05, 3.63) is 118 Å². The van der Waals surface area contributed by atoms with E-state index in [0.29, 0.717) is 35.7 Å². The fraction of sp³-hybridized carbons (Fsp3) is 0.304. The third kappa shape index (κ3) is 7.78. The summed E-state index contributed by atoms with van der Waals surface area (Å²) < 4.78 is 14.8. The molecule has 14 nitrogen and oxygen atoms in total. The molecule has 0 spiro atoms. The molecule has 0 unspecified atom stereocenters. The first kappa shape index (κ1) is 38.9. The first-order valence-corrected chi connectivity index (χ1v) is 20.4. The second-order valence-corrected chi connectivity index (χ2v) is 16.1. The Morgan fingerprint density at radius 1 is 0.933 bits per heavy atom. The van der Waals surface area contributed by atoms with Crippen molar-refractivity contribution in [3.8, 4) is 34.3 Å². The number of aromatic hydroxyl groups is 2. The van der Waals surface area contributed by atoms with Crippen molar-refractivity contribution >= 4 is 39.5 Å². The number of rotatable bonds is 11. The van der Waals surface area contributed by atoms with Gasteiger partial charge in [0.15, 0.2) is 5.82 Å². The number of piperazine rings is 1. The zero-order chi connectivity index (χ0) is 41.5. The highest BCUT2D eigenvalue weighted by molar-refractivity contribution is 6.01. The number of benzene rings is 3. The summed E-state index contributed by atoms with van der Waals surface area (Å²) in [6.07, 6.45) is 9.35. The molecule has 4 aromatic heterocycles. The minimum absolute atomic E-state index is 0.00155. The zero-order valence-corrected chi connectivity index (χ0v) is 34.0. The first-order valence-electron chi connectivity index (χ1n) is 20.4. The molecule has 60 heavy (non-hydrogen) atoms. The minimum atomic E-state index is -0.418. The van der Waals surface area contributed by atoms with E-state index in [1.807, 2.05) is 56.3 Å². The molecule has 0 aliphatic carbocycles. The van der Waals surface area contributed by atoms with E-state index in [9.17, 15) is 19.8 Å². The molecule has 1 amide bonds. The molecule has 0 saturated carbocycles. The highest BCUT2D eigenvalue weighted by Crippen LogP contribution is 2.37. The standard InChI is InChI=1S/C46H48N8O6/c1-29(2)37-23-38(42(56)24-41(37)55)44-48-49-45(57)54(44)35-8-6-30(7-9-35)25-52-17-15-51(16-18-52)14-5-4-13-50(3)46(58)60-36-10-11-39-32(21-36)20-33-26-53-27-34-28-59-19-12-31(34)22-40(53)43(33)47-39/h6-12,19-24,26-27,29,55-56H,4-5,13-18,25,28H2,1-3H3,(H,49,57). The third-order valence-corrected chi connectivity index (χ3v) is 11.6. The van der Waals surface area contributed by atoms with Crippen LogP contribution in [0.5, 0.6) is 17.2 Å². The molecule has 0 atom stereocenters. The van der Waals surface area contributed by atoms with E-state index in [-0.39, 0.29) is 29.3 Å². The summed E-state index contributed by atoms with van der Waals surface area (Å²) in [5.41, 5.74) is 7.43. The van der Waals surface area contributed by atoms with Crippen LogP contribution in [0.3, 0.4) is 0 Å².